The summed E-state index contributed by atoms with van der Waals surface area (Å²) in [6.45, 7) is 0. The summed E-state index contributed by atoms with van der Waals surface area (Å²) in [7, 11) is 0. The van der Waals surface area contributed by atoms with E-state index in [9.17, 15) is 4.79 Å². The normalized spacial score (nSPS) is 62.6. The van der Waals surface area contributed by atoms with Gasteiger partial charge in [-0.05, 0) is 34.6 Å². The van der Waals surface area contributed by atoms with E-state index in [1.807, 2.05) is 0 Å². The fourth-order valence-electron chi connectivity index (χ4n) is 4.58. The van der Waals surface area contributed by atoms with Crippen LogP contribution in [0.4, 0.5) is 0 Å². The van der Waals surface area contributed by atoms with Crippen LogP contribution in [0.5, 0.6) is 0 Å². The quantitative estimate of drug-likeness (QED) is 0.628. The molecule has 14 heavy (non-hydrogen) atoms. The van der Waals surface area contributed by atoms with Crippen LogP contribution in [-0.2, 0) is 4.79 Å². The molecule has 0 aliphatic heterocycles. The molecule has 3 heteroatoms. The van der Waals surface area contributed by atoms with Crippen molar-refractivity contribution in [1.82, 2.24) is 0 Å². The minimum atomic E-state index is 0.161. The van der Waals surface area contributed by atoms with Gasteiger partial charge in [0.25, 0.3) is 0 Å². The zero-order valence-corrected chi connectivity index (χ0v) is 10.7. The first kappa shape index (κ1) is 8.51. The number of carbonyl (C=O) groups excluding carboxylic acids is 1. The molecule has 4 aliphatic carbocycles. The average molecular weight is 318 g/mol. The molecule has 0 heterocycles. The van der Waals surface area contributed by atoms with Crippen molar-refractivity contribution >= 4 is 37.6 Å². The number of hydrogen-bond acceptors (Lipinski definition) is 1. The Balaban J connectivity index is 1.95. The van der Waals surface area contributed by atoms with Gasteiger partial charge >= 0.3 is 0 Å². The smallest absolute Gasteiger partial charge is 0.150 e. The van der Waals surface area contributed by atoms with E-state index in [4.69, 9.17) is 0 Å². The van der Waals surface area contributed by atoms with Gasteiger partial charge in [0.1, 0.15) is 0 Å². The monoisotopic (exact) mass is 316 g/mol. The zero-order valence-electron chi connectivity index (χ0n) is 7.49. The number of rotatable bonds is 0. The Morgan fingerprint density at radius 2 is 2.07 bits per heavy atom. The molecule has 3 fully saturated rings. The van der Waals surface area contributed by atoms with E-state index in [0.717, 1.165) is 5.92 Å². The maximum absolute atomic E-state index is 12.1. The maximum atomic E-state index is 12.1. The van der Waals surface area contributed by atoms with Crippen LogP contribution in [0.15, 0.2) is 10.6 Å². The molecule has 0 N–H and O–H groups in total. The summed E-state index contributed by atoms with van der Waals surface area (Å²) in [6, 6.07) is 0. The Labute approximate surface area is 99.6 Å². The molecule has 0 amide bonds. The summed E-state index contributed by atoms with van der Waals surface area (Å²) in [5, 5.41) is 0. The molecule has 7 unspecified atom stereocenters. The zero-order chi connectivity index (χ0) is 9.61. The predicted octanol–water partition coefficient (Wildman–Crippen LogP) is 2.74. The molecule has 0 spiro atoms. The molecule has 1 nitrogen and oxygen atoms in total. The van der Waals surface area contributed by atoms with Crippen molar-refractivity contribution in [2.45, 2.75) is 11.2 Å². The van der Waals surface area contributed by atoms with Gasteiger partial charge < -0.3 is 0 Å². The highest BCUT2D eigenvalue weighted by atomic mass is 79.9. The topological polar surface area (TPSA) is 17.1 Å². The van der Waals surface area contributed by atoms with Crippen molar-refractivity contribution in [2.24, 2.45) is 35.5 Å². The highest BCUT2D eigenvalue weighted by Crippen LogP contribution is 2.70. The van der Waals surface area contributed by atoms with Crippen LogP contribution < -0.4 is 0 Å². The number of ketones is 1. The Morgan fingerprint density at radius 1 is 1.29 bits per heavy atom. The number of alkyl halides is 1. The highest BCUT2D eigenvalue weighted by molar-refractivity contribution is 9.11. The number of allylic oxidation sites excluding steroid dienone is 2. The number of carbonyl (C=O) groups is 1. The second-order valence-corrected chi connectivity index (χ2v) is 7.03. The Bertz CT molecular complexity index is 375. The summed E-state index contributed by atoms with van der Waals surface area (Å²) >= 11 is 7.26. The van der Waals surface area contributed by atoms with E-state index in [-0.39, 0.29) is 4.83 Å². The van der Waals surface area contributed by atoms with Crippen molar-refractivity contribution in [2.75, 3.05) is 0 Å². The third-order valence-electron chi connectivity index (χ3n) is 4.90. The molecule has 0 radical (unpaired) electrons. The first-order chi connectivity index (χ1) is 6.70. The SMILES string of the molecule is O=C1C(Br)C2C3C=C(Br)C4C3CC2C14. The molecule has 0 aromatic carbocycles. The van der Waals surface area contributed by atoms with Crippen molar-refractivity contribution in [3.63, 3.8) is 0 Å². The van der Waals surface area contributed by atoms with Crippen molar-refractivity contribution in [1.29, 1.82) is 0 Å². The summed E-state index contributed by atoms with van der Waals surface area (Å²) in [5.41, 5.74) is 0. The number of Topliss-reactive ketones (excluding diaryl/α,β-unsaturated/α-hetero) is 1. The van der Waals surface area contributed by atoms with E-state index in [1.54, 1.807) is 0 Å². The third kappa shape index (κ3) is 0.683. The van der Waals surface area contributed by atoms with Gasteiger partial charge in [-0.3, -0.25) is 4.79 Å². The number of halogens is 2. The molecule has 0 saturated heterocycles. The van der Waals surface area contributed by atoms with Gasteiger partial charge in [-0.15, -0.1) is 0 Å². The third-order valence-corrected chi connectivity index (χ3v) is 6.75. The lowest BCUT2D eigenvalue weighted by Gasteiger charge is -2.25. The van der Waals surface area contributed by atoms with Crippen molar-refractivity contribution < 1.29 is 4.79 Å². The van der Waals surface area contributed by atoms with Gasteiger partial charge in [0.15, 0.2) is 5.78 Å². The van der Waals surface area contributed by atoms with E-state index < -0.39 is 0 Å². The molecule has 7 atom stereocenters. The maximum Gasteiger partial charge on any atom is 0.150 e. The van der Waals surface area contributed by atoms with E-state index in [2.05, 4.69) is 37.9 Å². The molecule has 2 bridgehead atoms. The van der Waals surface area contributed by atoms with Crippen LogP contribution >= 0.6 is 31.9 Å². The molecule has 3 saturated carbocycles. The van der Waals surface area contributed by atoms with Gasteiger partial charge in [0.05, 0.1) is 4.83 Å². The van der Waals surface area contributed by atoms with Gasteiger partial charge in [-0.25, -0.2) is 0 Å². The predicted molar refractivity (Wildman–Crippen MR) is 60.3 cm³/mol. The van der Waals surface area contributed by atoms with E-state index in [1.165, 1.54) is 10.9 Å². The van der Waals surface area contributed by atoms with Crippen LogP contribution in [0.3, 0.4) is 0 Å². The largest absolute Gasteiger partial charge is 0.298 e. The lowest BCUT2D eigenvalue weighted by molar-refractivity contribution is -0.121. The minimum absolute atomic E-state index is 0.161. The Kier molecular flexibility index (Phi) is 1.44. The van der Waals surface area contributed by atoms with Gasteiger partial charge in [-0.1, -0.05) is 37.9 Å². The van der Waals surface area contributed by atoms with Crippen LogP contribution in [0, 0.1) is 35.5 Å². The van der Waals surface area contributed by atoms with Gasteiger partial charge in [-0.2, -0.15) is 0 Å². The fraction of sp³-hybridized carbons (Fsp3) is 0.727. The van der Waals surface area contributed by atoms with E-state index >= 15 is 0 Å². The second-order valence-electron chi connectivity index (χ2n) is 5.13. The summed E-state index contributed by atoms with van der Waals surface area (Å²) in [5.74, 6) is 4.17. The molecule has 0 aromatic heterocycles. The molecular formula is C11H10Br2O. The van der Waals surface area contributed by atoms with E-state index in [0.29, 0.717) is 35.4 Å². The first-order valence-electron chi connectivity index (χ1n) is 5.25. The number of fused-ring (bicyclic) bond motifs is 2. The fourth-order valence-corrected chi connectivity index (χ4v) is 6.56. The minimum Gasteiger partial charge on any atom is -0.298 e. The van der Waals surface area contributed by atoms with Crippen LogP contribution in [0.2, 0.25) is 0 Å². The Morgan fingerprint density at radius 3 is 2.86 bits per heavy atom. The molecule has 4 rings (SSSR count). The molecule has 74 valence electrons. The Hall–Kier alpha value is 0.370. The summed E-state index contributed by atoms with van der Waals surface area (Å²) in [4.78, 5) is 12.2. The van der Waals surface area contributed by atoms with Crippen LogP contribution in [-0.4, -0.2) is 10.6 Å². The van der Waals surface area contributed by atoms with Crippen molar-refractivity contribution in [3.8, 4) is 0 Å². The molecule has 4 aliphatic rings. The van der Waals surface area contributed by atoms with Crippen LogP contribution in [0.1, 0.15) is 6.42 Å². The lowest BCUT2D eigenvalue weighted by Crippen LogP contribution is -2.24. The summed E-state index contributed by atoms with van der Waals surface area (Å²) < 4.78 is 1.33. The van der Waals surface area contributed by atoms with Gasteiger partial charge in [0.2, 0.25) is 0 Å². The van der Waals surface area contributed by atoms with Gasteiger partial charge in [0, 0.05) is 11.8 Å². The average Bonchev–Trinajstić information content (AvgIpc) is 2.76. The summed E-state index contributed by atoms with van der Waals surface area (Å²) in [6.07, 6.45) is 3.69. The highest BCUT2D eigenvalue weighted by Gasteiger charge is 2.69. The lowest BCUT2D eigenvalue weighted by atomic mass is 9.79. The first-order valence-corrected chi connectivity index (χ1v) is 6.96. The van der Waals surface area contributed by atoms with Crippen LogP contribution in [0.25, 0.3) is 0 Å². The van der Waals surface area contributed by atoms with Crippen molar-refractivity contribution in [3.05, 3.63) is 10.6 Å². The second kappa shape index (κ2) is 2.37. The molecular weight excluding hydrogens is 308 g/mol. The molecule has 0 aromatic rings. The number of hydrogen-bond donors (Lipinski definition) is 0. The standard InChI is InChI=1S/C11H10Br2O/c12-6-2-4-3-1-5-7(4)10(13)11(14)9(5)8(3)6/h2-5,7-10H,1H2.